The van der Waals surface area contributed by atoms with Gasteiger partial charge in [0.05, 0.1) is 18.8 Å². The summed E-state index contributed by atoms with van der Waals surface area (Å²) in [6.45, 7) is 4.77. The Balaban J connectivity index is 1.85. The lowest BCUT2D eigenvalue weighted by atomic mass is 9.95. The molecule has 0 N–H and O–H groups in total. The third-order valence-corrected chi connectivity index (χ3v) is 4.83. The van der Waals surface area contributed by atoms with Crippen molar-refractivity contribution < 1.29 is 22.6 Å². The summed E-state index contributed by atoms with van der Waals surface area (Å²) in [5.74, 6) is -2.56. The van der Waals surface area contributed by atoms with Crippen LogP contribution < -0.4 is 0 Å². The molecule has 0 amide bonds. The second kappa shape index (κ2) is 8.23. The van der Waals surface area contributed by atoms with Gasteiger partial charge in [-0.3, -0.25) is 0 Å². The molecule has 140 valence electrons. The predicted molar refractivity (Wildman–Crippen MR) is 94.5 cm³/mol. The lowest BCUT2D eigenvalue weighted by molar-refractivity contribution is -0.0850. The van der Waals surface area contributed by atoms with Gasteiger partial charge in [-0.2, -0.15) is 0 Å². The summed E-state index contributed by atoms with van der Waals surface area (Å²) in [6, 6.07) is 7.50. The van der Waals surface area contributed by atoms with Crippen LogP contribution in [0.15, 0.2) is 30.3 Å². The van der Waals surface area contributed by atoms with Gasteiger partial charge in [-0.25, -0.2) is 13.2 Å². The van der Waals surface area contributed by atoms with Gasteiger partial charge in [-0.15, -0.1) is 0 Å². The van der Waals surface area contributed by atoms with Crippen LogP contribution in [0.2, 0.25) is 0 Å². The minimum absolute atomic E-state index is 0.00499. The fourth-order valence-corrected chi connectivity index (χ4v) is 3.36. The summed E-state index contributed by atoms with van der Waals surface area (Å²) in [6.07, 6.45) is 1.44. The van der Waals surface area contributed by atoms with Crippen molar-refractivity contribution >= 4 is 0 Å². The molecule has 26 heavy (non-hydrogen) atoms. The van der Waals surface area contributed by atoms with Crippen LogP contribution in [0.5, 0.6) is 0 Å². The Kier molecular flexibility index (Phi) is 5.99. The number of hydrogen-bond acceptors (Lipinski definition) is 2. The molecular formula is C21H23F3O2. The number of ether oxygens (including phenoxy) is 2. The van der Waals surface area contributed by atoms with Gasteiger partial charge in [0.1, 0.15) is 5.82 Å². The van der Waals surface area contributed by atoms with Gasteiger partial charge >= 0.3 is 0 Å². The maximum Gasteiger partial charge on any atom is 0.167 e. The molecule has 3 rings (SSSR count). The number of benzene rings is 2. The van der Waals surface area contributed by atoms with Gasteiger partial charge in [-0.05, 0) is 37.8 Å². The average Bonchev–Trinajstić information content (AvgIpc) is 2.65. The zero-order valence-corrected chi connectivity index (χ0v) is 15.0. The lowest BCUT2D eigenvalue weighted by Gasteiger charge is -2.29. The van der Waals surface area contributed by atoms with Crippen molar-refractivity contribution in [2.24, 2.45) is 0 Å². The highest BCUT2D eigenvalue weighted by Gasteiger charge is 2.27. The van der Waals surface area contributed by atoms with E-state index in [1.165, 1.54) is 24.3 Å². The summed E-state index contributed by atoms with van der Waals surface area (Å²) >= 11 is 0. The van der Waals surface area contributed by atoms with Gasteiger partial charge in [0.25, 0.3) is 0 Å². The molecule has 5 heteroatoms. The molecule has 0 saturated carbocycles. The lowest BCUT2D eigenvalue weighted by Crippen LogP contribution is -2.28. The summed E-state index contributed by atoms with van der Waals surface area (Å²) in [5.41, 5.74) is 0.968. The monoisotopic (exact) mass is 364 g/mol. The number of rotatable bonds is 5. The predicted octanol–water partition coefficient (Wildman–Crippen LogP) is 5.59. The van der Waals surface area contributed by atoms with Gasteiger partial charge in [0.2, 0.25) is 0 Å². The second-order valence-corrected chi connectivity index (χ2v) is 6.47. The average molecular weight is 364 g/mol. The van der Waals surface area contributed by atoms with Crippen molar-refractivity contribution in [3.05, 3.63) is 58.9 Å². The molecule has 2 aromatic rings. The molecule has 0 aliphatic carbocycles. The number of halogens is 3. The van der Waals surface area contributed by atoms with E-state index in [-0.39, 0.29) is 22.8 Å². The molecule has 2 atom stereocenters. The van der Waals surface area contributed by atoms with Crippen molar-refractivity contribution in [3.8, 4) is 11.1 Å². The number of hydrogen-bond donors (Lipinski definition) is 0. The van der Waals surface area contributed by atoms with Crippen molar-refractivity contribution in [3.63, 3.8) is 0 Å². The topological polar surface area (TPSA) is 18.5 Å². The SMILES string of the molecule is CCOC1CCC(c2ccc(-c3ccc(CC)cc3F)c(F)c2F)OC1. The van der Waals surface area contributed by atoms with E-state index in [1.54, 1.807) is 6.07 Å². The Morgan fingerprint density at radius 1 is 1.00 bits per heavy atom. The van der Waals surface area contributed by atoms with Crippen LogP contribution in [0.3, 0.4) is 0 Å². The van der Waals surface area contributed by atoms with E-state index in [9.17, 15) is 13.2 Å². The van der Waals surface area contributed by atoms with Crippen LogP contribution >= 0.6 is 0 Å². The van der Waals surface area contributed by atoms with Crippen LogP contribution in [0.1, 0.15) is 43.9 Å². The van der Waals surface area contributed by atoms with E-state index < -0.39 is 23.6 Å². The molecule has 0 spiro atoms. The van der Waals surface area contributed by atoms with Gasteiger partial charge in [0.15, 0.2) is 11.6 Å². The Labute approximate surface area is 151 Å². The van der Waals surface area contributed by atoms with Crippen LogP contribution in [-0.4, -0.2) is 19.3 Å². The highest BCUT2D eigenvalue weighted by molar-refractivity contribution is 5.66. The third kappa shape index (κ3) is 3.79. The summed E-state index contributed by atoms with van der Waals surface area (Å²) in [7, 11) is 0. The standard InChI is InChI=1S/C21H23F3O2/c1-3-13-5-7-15(18(22)11-13)16-8-9-17(21(24)20(16)23)19-10-6-14(12-26-19)25-4-2/h5,7-9,11,14,19H,3-4,6,10,12H2,1-2H3. The first-order chi connectivity index (χ1) is 12.5. The van der Waals surface area contributed by atoms with Crippen molar-refractivity contribution in [1.82, 2.24) is 0 Å². The fourth-order valence-electron chi connectivity index (χ4n) is 3.36. The quantitative estimate of drug-likeness (QED) is 0.688. The van der Waals surface area contributed by atoms with Crippen molar-refractivity contribution in [1.29, 1.82) is 0 Å². The Morgan fingerprint density at radius 3 is 2.38 bits per heavy atom. The van der Waals surface area contributed by atoms with E-state index in [0.717, 1.165) is 12.0 Å². The summed E-state index contributed by atoms with van der Waals surface area (Å²) in [4.78, 5) is 0. The molecule has 0 aromatic heterocycles. The van der Waals surface area contributed by atoms with Crippen LogP contribution in [0.4, 0.5) is 13.2 Å². The smallest absolute Gasteiger partial charge is 0.167 e. The maximum absolute atomic E-state index is 14.6. The molecular weight excluding hydrogens is 341 g/mol. The van der Waals surface area contributed by atoms with E-state index in [1.807, 2.05) is 13.8 Å². The molecule has 0 radical (unpaired) electrons. The second-order valence-electron chi connectivity index (χ2n) is 6.47. The minimum Gasteiger partial charge on any atom is -0.376 e. The highest BCUT2D eigenvalue weighted by atomic mass is 19.2. The zero-order chi connectivity index (χ0) is 18.7. The van der Waals surface area contributed by atoms with Crippen molar-refractivity contribution in [2.75, 3.05) is 13.2 Å². The van der Waals surface area contributed by atoms with E-state index >= 15 is 0 Å². The largest absolute Gasteiger partial charge is 0.376 e. The zero-order valence-electron chi connectivity index (χ0n) is 15.0. The summed E-state index contributed by atoms with van der Waals surface area (Å²) < 4.78 is 54.7. The molecule has 2 unspecified atom stereocenters. The number of aryl methyl sites for hydroxylation is 1. The van der Waals surface area contributed by atoms with Crippen LogP contribution in [0.25, 0.3) is 11.1 Å². The normalized spacial score (nSPS) is 20.3. The molecule has 2 nitrogen and oxygen atoms in total. The van der Waals surface area contributed by atoms with Gasteiger partial charge in [-0.1, -0.05) is 31.2 Å². The van der Waals surface area contributed by atoms with E-state index in [0.29, 0.717) is 26.1 Å². The minimum atomic E-state index is -1.04. The third-order valence-electron chi connectivity index (χ3n) is 4.83. The van der Waals surface area contributed by atoms with E-state index in [2.05, 4.69) is 0 Å². The first-order valence-corrected chi connectivity index (χ1v) is 9.05. The molecule has 1 saturated heterocycles. The Bertz CT molecular complexity index is 768. The molecule has 2 aromatic carbocycles. The summed E-state index contributed by atoms with van der Waals surface area (Å²) in [5, 5.41) is 0. The first kappa shape index (κ1) is 18.9. The van der Waals surface area contributed by atoms with Gasteiger partial charge < -0.3 is 9.47 Å². The Morgan fingerprint density at radius 2 is 1.77 bits per heavy atom. The molecule has 1 aliphatic heterocycles. The highest BCUT2D eigenvalue weighted by Crippen LogP contribution is 2.35. The maximum atomic E-state index is 14.6. The molecule has 1 fully saturated rings. The fraction of sp³-hybridized carbons (Fsp3) is 0.429. The molecule has 1 aliphatic rings. The van der Waals surface area contributed by atoms with Crippen LogP contribution in [-0.2, 0) is 15.9 Å². The van der Waals surface area contributed by atoms with Crippen LogP contribution in [0, 0.1) is 17.5 Å². The van der Waals surface area contributed by atoms with E-state index in [4.69, 9.17) is 9.47 Å². The molecule has 0 bridgehead atoms. The molecule has 1 heterocycles. The first-order valence-electron chi connectivity index (χ1n) is 9.05. The van der Waals surface area contributed by atoms with Gasteiger partial charge in [0, 0.05) is 23.3 Å². The van der Waals surface area contributed by atoms with Crippen molar-refractivity contribution in [2.45, 2.75) is 45.3 Å². The Hall–Kier alpha value is -1.85.